The Morgan fingerprint density at radius 1 is 1.67 bits per heavy atom. The van der Waals surface area contributed by atoms with Crippen molar-refractivity contribution in [3.05, 3.63) is 0 Å². The van der Waals surface area contributed by atoms with E-state index in [0.29, 0.717) is 13.2 Å². The van der Waals surface area contributed by atoms with Crippen LogP contribution in [0.3, 0.4) is 0 Å². The van der Waals surface area contributed by atoms with E-state index in [-0.39, 0.29) is 12.1 Å². The fraction of sp³-hybridized carbons (Fsp3) is 0.800. The zero-order chi connectivity index (χ0) is 6.69. The molecular formula is C5H11N3O. The van der Waals surface area contributed by atoms with Crippen LogP contribution < -0.4 is 16.4 Å². The first-order valence-corrected chi connectivity index (χ1v) is 2.99. The van der Waals surface area contributed by atoms with E-state index in [9.17, 15) is 4.79 Å². The topological polar surface area (TPSA) is 67.2 Å². The summed E-state index contributed by atoms with van der Waals surface area (Å²) in [6.07, 6.45) is 0.716. The molecule has 0 radical (unpaired) electrons. The van der Waals surface area contributed by atoms with Crippen LogP contribution in [-0.2, 0) is 4.79 Å². The minimum atomic E-state index is -0.163. The Labute approximate surface area is 53.8 Å². The van der Waals surface area contributed by atoms with Gasteiger partial charge in [-0.3, -0.25) is 5.32 Å². The number of rotatable bonds is 1. The minimum absolute atomic E-state index is 0.0706. The number of carbonyl (C=O) groups is 1. The number of aldehydes is 1. The van der Waals surface area contributed by atoms with Crippen LogP contribution in [0.2, 0.25) is 0 Å². The highest BCUT2D eigenvalue weighted by atomic mass is 16.1. The van der Waals surface area contributed by atoms with Crippen molar-refractivity contribution in [1.82, 2.24) is 10.6 Å². The fourth-order valence-corrected chi connectivity index (χ4v) is 0.840. The van der Waals surface area contributed by atoms with Gasteiger partial charge in [0, 0.05) is 13.2 Å². The van der Waals surface area contributed by atoms with Crippen LogP contribution in [-0.4, -0.2) is 25.7 Å². The van der Waals surface area contributed by atoms with Crippen LogP contribution in [0.5, 0.6) is 0 Å². The normalized spacial score (nSPS) is 36.1. The number of hydrogen-bond donors (Lipinski definition) is 3. The Hall–Kier alpha value is -0.450. The van der Waals surface area contributed by atoms with Gasteiger partial charge >= 0.3 is 0 Å². The second kappa shape index (κ2) is 2.91. The van der Waals surface area contributed by atoms with Crippen LogP contribution >= 0.6 is 0 Å². The van der Waals surface area contributed by atoms with Gasteiger partial charge in [0.2, 0.25) is 0 Å². The Morgan fingerprint density at radius 2 is 2.44 bits per heavy atom. The molecule has 0 aromatic rings. The molecular weight excluding hydrogens is 118 g/mol. The van der Waals surface area contributed by atoms with E-state index >= 15 is 0 Å². The summed E-state index contributed by atoms with van der Waals surface area (Å²) >= 11 is 0. The average Bonchev–Trinajstić information content (AvgIpc) is 1.89. The number of nitrogens with two attached hydrogens (primary N) is 1. The summed E-state index contributed by atoms with van der Waals surface area (Å²) in [4.78, 5) is 10.2. The summed E-state index contributed by atoms with van der Waals surface area (Å²) in [6.45, 7) is 1.39. The second-order valence-electron chi connectivity index (χ2n) is 2.16. The van der Waals surface area contributed by atoms with Gasteiger partial charge < -0.3 is 15.8 Å². The summed E-state index contributed by atoms with van der Waals surface area (Å²) in [6, 6.07) is 0. The summed E-state index contributed by atoms with van der Waals surface area (Å²) < 4.78 is 0. The molecule has 1 aliphatic rings. The maximum absolute atomic E-state index is 10.2. The van der Waals surface area contributed by atoms with Crippen molar-refractivity contribution in [2.75, 3.05) is 13.2 Å². The molecule has 0 aromatic carbocycles. The fourth-order valence-electron chi connectivity index (χ4n) is 0.840. The van der Waals surface area contributed by atoms with Gasteiger partial charge in [0.15, 0.2) is 0 Å². The zero-order valence-corrected chi connectivity index (χ0v) is 5.13. The molecule has 0 aromatic heterocycles. The smallest absolute Gasteiger partial charge is 0.127 e. The molecule has 4 heteroatoms. The Bertz CT molecular complexity index is 106. The standard InChI is InChI=1S/C5H11N3O/c6-5-4(2-9)1-7-3-8-5/h2,4-5,7-8H,1,3,6H2. The molecule has 52 valence electrons. The molecule has 2 unspecified atom stereocenters. The third-order valence-electron chi connectivity index (χ3n) is 1.48. The van der Waals surface area contributed by atoms with E-state index in [2.05, 4.69) is 10.6 Å². The molecule has 2 atom stereocenters. The maximum atomic E-state index is 10.2. The van der Waals surface area contributed by atoms with Crippen LogP contribution in [0.1, 0.15) is 0 Å². The second-order valence-corrected chi connectivity index (χ2v) is 2.16. The van der Waals surface area contributed by atoms with Gasteiger partial charge in [0.1, 0.15) is 6.29 Å². The van der Waals surface area contributed by atoms with Gasteiger partial charge in [-0.25, -0.2) is 0 Å². The average molecular weight is 129 g/mol. The predicted octanol–water partition coefficient (Wildman–Crippen LogP) is -1.76. The lowest BCUT2D eigenvalue weighted by atomic mass is 10.1. The molecule has 0 aliphatic carbocycles. The lowest BCUT2D eigenvalue weighted by Crippen LogP contribution is -2.56. The third-order valence-corrected chi connectivity index (χ3v) is 1.48. The van der Waals surface area contributed by atoms with Crippen molar-refractivity contribution in [2.45, 2.75) is 6.17 Å². The molecule has 1 heterocycles. The SMILES string of the molecule is NC1NCNCC1C=O. The molecule has 4 nitrogen and oxygen atoms in total. The van der Waals surface area contributed by atoms with Crippen molar-refractivity contribution in [1.29, 1.82) is 0 Å². The quantitative estimate of drug-likeness (QED) is 0.367. The predicted molar refractivity (Wildman–Crippen MR) is 33.5 cm³/mol. The number of carbonyl (C=O) groups excluding carboxylic acids is 1. The zero-order valence-electron chi connectivity index (χ0n) is 5.13. The first kappa shape index (κ1) is 6.67. The van der Waals surface area contributed by atoms with Crippen LogP contribution in [0, 0.1) is 5.92 Å². The van der Waals surface area contributed by atoms with Crippen molar-refractivity contribution in [3.63, 3.8) is 0 Å². The summed E-state index contributed by atoms with van der Waals surface area (Å²) in [5.41, 5.74) is 5.51. The summed E-state index contributed by atoms with van der Waals surface area (Å²) in [5, 5.41) is 5.91. The summed E-state index contributed by atoms with van der Waals surface area (Å²) in [7, 11) is 0. The minimum Gasteiger partial charge on any atom is -0.315 e. The van der Waals surface area contributed by atoms with E-state index in [4.69, 9.17) is 5.73 Å². The highest BCUT2D eigenvalue weighted by molar-refractivity contribution is 5.55. The Balaban J connectivity index is 2.38. The van der Waals surface area contributed by atoms with Crippen molar-refractivity contribution < 1.29 is 4.79 Å². The largest absolute Gasteiger partial charge is 0.315 e. The molecule has 0 bridgehead atoms. The highest BCUT2D eigenvalue weighted by Gasteiger charge is 2.19. The van der Waals surface area contributed by atoms with Gasteiger partial charge in [-0.05, 0) is 0 Å². The number of hydrogen-bond acceptors (Lipinski definition) is 4. The molecule has 0 amide bonds. The van der Waals surface area contributed by atoms with Gasteiger partial charge in [0.05, 0.1) is 12.1 Å². The van der Waals surface area contributed by atoms with Crippen molar-refractivity contribution in [3.8, 4) is 0 Å². The third kappa shape index (κ3) is 1.48. The molecule has 9 heavy (non-hydrogen) atoms. The van der Waals surface area contributed by atoms with Gasteiger partial charge in [-0.15, -0.1) is 0 Å². The van der Waals surface area contributed by atoms with E-state index in [1.165, 1.54) is 0 Å². The van der Waals surface area contributed by atoms with Crippen LogP contribution in [0.15, 0.2) is 0 Å². The van der Waals surface area contributed by atoms with E-state index in [1.54, 1.807) is 0 Å². The van der Waals surface area contributed by atoms with E-state index in [1.807, 2.05) is 0 Å². The Morgan fingerprint density at radius 3 is 2.89 bits per heavy atom. The maximum Gasteiger partial charge on any atom is 0.127 e. The molecule has 0 spiro atoms. The van der Waals surface area contributed by atoms with Crippen molar-refractivity contribution in [2.24, 2.45) is 11.7 Å². The Kier molecular flexibility index (Phi) is 2.16. The first-order valence-electron chi connectivity index (χ1n) is 2.99. The van der Waals surface area contributed by atoms with Crippen LogP contribution in [0.25, 0.3) is 0 Å². The number of nitrogens with one attached hydrogen (secondary N) is 2. The molecule has 0 saturated carbocycles. The molecule has 1 fully saturated rings. The van der Waals surface area contributed by atoms with E-state index in [0.717, 1.165) is 6.29 Å². The van der Waals surface area contributed by atoms with Crippen molar-refractivity contribution >= 4 is 6.29 Å². The lowest BCUT2D eigenvalue weighted by molar-refractivity contribution is -0.112. The molecule has 1 aliphatic heterocycles. The molecule has 1 rings (SSSR count). The van der Waals surface area contributed by atoms with Gasteiger partial charge in [-0.1, -0.05) is 0 Å². The summed E-state index contributed by atoms with van der Waals surface area (Å²) in [5.74, 6) is -0.0706. The van der Waals surface area contributed by atoms with Gasteiger partial charge in [0.25, 0.3) is 0 Å². The highest BCUT2D eigenvalue weighted by Crippen LogP contribution is 1.95. The molecule has 4 N–H and O–H groups in total. The van der Waals surface area contributed by atoms with E-state index < -0.39 is 0 Å². The lowest BCUT2D eigenvalue weighted by Gasteiger charge is -2.25. The first-order chi connectivity index (χ1) is 4.34. The van der Waals surface area contributed by atoms with Crippen LogP contribution in [0.4, 0.5) is 0 Å². The van der Waals surface area contributed by atoms with Gasteiger partial charge in [-0.2, -0.15) is 0 Å². The molecule has 1 saturated heterocycles. The monoisotopic (exact) mass is 129 g/mol.